The zero-order valence-corrected chi connectivity index (χ0v) is 17.0. The second kappa shape index (κ2) is 7.52. The third kappa shape index (κ3) is 3.80. The summed E-state index contributed by atoms with van der Waals surface area (Å²) in [5, 5.41) is 19.0. The standard InChI is InChI=1S/C22H29NO6/c1-22(2)15-11-13-12-23(18(25)7-4-8-19(26)27)10-9-17(13)28-20(15)14-5-3-6-16(24)21(14)29-22/h3,5-6,13,15,17,20,24H,4,7-12H2,1-2H3,(H,26,27)/t13-,15-,17-,20+/m0/s1. The van der Waals surface area contributed by atoms with Crippen LogP contribution in [0.5, 0.6) is 11.5 Å². The summed E-state index contributed by atoms with van der Waals surface area (Å²) in [5.41, 5.74) is 0.412. The molecule has 0 saturated carbocycles. The van der Waals surface area contributed by atoms with Crippen LogP contribution < -0.4 is 4.74 Å². The van der Waals surface area contributed by atoms with Crippen LogP contribution in [0.15, 0.2) is 18.2 Å². The number of aliphatic carboxylic acids is 1. The molecule has 0 radical (unpaired) electrons. The maximum absolute atomic E-state index is 12.5. The van der Waals surface area contributed by atoms with Gasteiger partial charge >= 0.3 is 5.97 Å². The number of aromatic hydroxyl groups is 1. The molecule has 7 heteroatoms. The van der Waals surface area contributed by atoms with Crippen LogP contribution >= 0.6 is 0 Å². The van der Waals surface area contributed by atoms with Gasteiger partial charge in [-0.3, -0.25) is 9.59 Å². The summed E-state index contributed by atoms with van der Waals surface area (Å²) < 4.78 is 12.7. The van der Waals surface area contributed by atoms with E-state index < -0.39 is 11.6 Å². The zero-order valence-electron chi connectivity index (χ0n) is 17.0. The number of hydrogen-bond donors (Lipinski definition) is 2. The van der Waals surface area contributed by atoms with Crippen LogP contribution in [0.25, 0.3) is 0 Å². The summed E-state index contributed by atoms with van der Waals surface area (Å²) in [6.45, 7) is 5.34. The number of benzene rings is 1. The average molecular weight is 403 g/mol. The molecule has 1 aromatic carbocycles. The molecule has 0 bridgehead atoms. The lowest BCUT2D eigenvalue weighted by molar-refractivity contribution is -0.189. The Morgan fingerprint density at radius 3 is 2.83 bits per heavy atom. The van der Waals surface area contributed by atoms with Crippen LogP contribution in [0, 0.1) is 11.8 Å². The number of carbonyl (C=O) groups is 2. The number of phenols is 1. The number of piperidine rings is 1. The van der Waals surface area contributed by atoms with Gasteiger partial charge in [-0.2, -0.15) is 0 Å². The highest BCUT2D eigenvalue weighted by atomic mass is 16.5. The summed E-state index contributed by atoms with van der Waals surface area (Å²) in [6.07, 6.45) is 2.28. The van der Waals surface area contributed by atoms with E-state index in [-0.39, 0.29) is 48.5 Å². The SMILES string of the molecule is CC1(C)Oc2c(O)cccc2[C@H]2O[C@H]3CCN(C(=O)CCCC(=O)O)C[C@@H]3C[C@@H]21. The lowest BCUT2D eigenvalue weighted by atomic mass is 9.70. The van der Waals surface area contributed by atoms with Gasteiger partial charge in [0.05, 0.1) is 12.2 Å². The highest BCUT2D eigenvalue weighted by molar-refractivity contribution is 5.77. The summed E-state index contributed by atoms with van der Waals surface area (Å²) in [6, 6.07) is 5.42. The Labute approximate surface area is 170 Å². The number of phenolic OH excluding ortho intramolecular Hbond substituents is 1. The van der Waals surface area contributed by atoms with Gasteiger partial charge in [0.1, 0.15) is 5.60 Å². The van der Waals surface area contributed by atoms with Crippen LogP contribution in [0.3, 0.4) is 0 Å². The number of para-hydroxylation sites is 1. The number of carboxylic acids is 1. The predicted octanol–water partition coefficient (Wildman–Crippen LogP) is 3.11. The highest BCUT2D eigenvalue weighted by Crippen LogP contribution is 2.54. The number of fused-ring (bicyclic) bond motifs is 4. The Balaban J connectivity index is 1.47. The number of likely N-dealkylation sites (tertiary alicyclic amines) is 1. The molecular weight excluding hydrogens is 374 g/mol. The van der Waals surface area contributed by atoms with Crippen LogP contribution in [-0.2, 0) is 14.3 Å². The molecule has 0 spiro atoms. The van der Waals surface area contributed by atoms with Gasteiger partial charge in [0, 0.05) is 43.3 Å². The van der Waals surface area contributed by atoms with Gasteiger partial charge < -0.3 is 24.6 Å². The van der Waals surface area contributed by atoms with Crippen LogP contribution in [0.4, 0.5) is 0 Å². The molecule has 0 unspecified atom stereocenters. The molecule has 1 aromatic rings. The largest absolute Gasteiger partial charge is 0.504 e. The minimum absolute atomic E-state index is 0.0241. The predicted molar refractivity (Wildman–Crippen MR) is 105 cm³/mol. The fourth-order valence-electron chi connectivity index (χ4n) is 5.08. The first-order valence-electron chi connectivity index (χ1n) is 10.4. The molecule has 2 saturated heterocycles. The number of carbonyl (C=O) groups excluding carboxylic acids is 1. The molecule has 2 fully saturated rings. The van der Waals surface area contributed by atoms with Gasteiger partial charge in [0.25, 0.3) is 0 Å². The summed E-state index contributed by atoms with van der Waals surface area (Å²) in [5.74, 6) is 0.176. The van der Waals surface area contributed by atoms with Gasteiger partial charge in [-0.25, -0.2) is 0 Å². The Bertz CT molecular complexity index is 806. The van der Waals surface area contributed by atoms with Gasteiger partial charge in [0.2, 0.25) is 5.91 Å². The summed E-state index contributed by atoms with van der Waals surface area (Å²) in [4.78, 5) is 25.0. The van der Waals surface area contributed by atoms with E-state index in [1.54, 1.807) is 6.07 Å². The van der Waals surface area contributed by atoms with E-state index in [0.717, 1.165) is 18.4 Å². The van der Waals surface area contributed by atoms with E-state index in [1.807, 2.05) is 30.9 Å². The van der Waals surface area contributed by atoms with Crippen molar-refractivity contribution in [3.63, 3.8) is 0 Å². The second-order valence-electron chi connectivity index (χ2n) is 8.97. The number of rotatable bonds is 4. The molecule has 158 valence electrons. The molecule has 2 N–H and O–H groups in total. The van der Waals surface area contributed by atoms with E-state index >= 15 is 0 Å². The number of carboxylic acid groups (broad SMARTS) is 1. The zero-order chi connectivity index (χ0) is 20.8. The number of nitrogens with zero attached hydrogens (tertiary/aromatic N) is 1. The summed E-state index contributed by atoms with van der Waals surface area (Å²) >= 11 is 0. The van der Waals surface area contributed by atoms with Crippen molar-refractivity contribution in [3.8, 4) is 11.5 Å². The molecule has 3 heterocycles. The summed E-state index contributed by atoms with van der Waals surface area (Å²) in [7, 11) is 0. The molecule has 29 heavy (non-hydrogen) atoms. The number of amides is 1. The van der Waals surface area contributed by atoms with Gasteiger partial charge in [0.15, 0.2) is 11.5 Å². The van der Waals surface area contributed by atoms with E-state index in [4.69, 9.17) is 14.6 Å². The Hall–Kier alpha value is -2.28. The third-order valence-corrected chi connectivity index (χ3v) is 6.63. The van der Waals surface area contributed by atoms with Crippen LogP contribution in [0.1, 0.15) is 57.6 Å². The molecule has 0 aliphatic carbocycles. The lowest BCUT2D eigenvalue weighted by Crippen LogP contribution is -2.56. The van der Waals surface area contributed by atoms with E-state index in [9.17, 15) is 14.7 Å². The molecular formula is C22H29NO6. The van der Waals surface area contributed by atoms with Crippen LogP contribution in [-0.4, -0.2) is 51.8 Å². The average Bonchev–Trinajstić information content (AvgIpc) is 2.67. The highest BCUT2D eigenvalue weighted by Gasteiger charge is 2.52. The van der Waals surface area contributed by atoms with Crippen molar-refractivity contribution in [1.29, 1.82) is 0 Å². The molecule has 3 aliphatic heterocycles. The third-order valence-electron chi connectivity index (χ3n) is 6.63. The Morgan fingerprint density at radius 1 is 1.28 bits per heavy atom. The molecule has 4 rings (SSSR count). The Kier molecular flexibility index (Phi) is 5.19. The minimum atomic E-state index is -0.867. The van der Waals surface area contributed by atoms with Gasteiger partial charge in [-0.05, 0) is 39.2 Å². The molecule has 1 amide bonds. The molecule has 0 aromatic heterocycles. The van der Waals surface area contributed by atoms with Gasteiger partial charge in [-0.15, -0.1) is 0 Å². The lowest BCUT2D eigenvalue weighted by Gasteiger charge is -2.53. The number of hydrogen-bond acceptors (Lipinski definition) is 5. The number of ether oxygens (including phenoxy) is 2. The monoisotopic (exact) mass is 403 g/mol. The second-order valence-corrected chi connectivity index (χ2v) is 8.97. The quantitative estimate of drug-likeness (QED) is 0.802. The fraction of sp³-hybridized carbons (Fsp3) is 0.636. The van der Waals surface area contributed by atoms with Crippen molar-refractivity contribution in [2.24, 2.45) is 11.8 Å². The normalized spacial score (nSPS) is 29.8. The molecule has 7 nitrogen and oxygen atoms in total. The molecule has 3 aliphatic rings. The van der Waals surface area contributed by atoms with Crippen molar-refractivity contribution in [1.82, 2.24) is 4.90 Å². The minimum Gasteiger partial charge on any atom is -0.504 e. The van der Waals surface area contributed by atoms with Crippen molar-refractivity contribution >= 4 is 11.9 Å². The topological polar surface area (TPSA) is 96.3 Å². The maximum Gasteiger partial charge on any atom is 0.303 e. The van der Waals surface area contributed by atoms with Gasteiger partial charge in [-0.1, -0.05) is 12.1 Å². The fourth-order valence-corrected chi connectivity index (χ4v) is 5.08. The van der Waals surface area contributed by atoms with Crippen molar-refractivity contribution in [2.75, 3.05) is 13.1 Å². The van der Waals surface area contributed by atoms with Crippen molar-refractivity contribution in [3.05, 3.63) is 23.8 Å². The van der Waals surface area contributed by atoms with Crippen molar-refractivity contribution in [2.45, 2.75) is 63.8 Å². The maximum atomic E-state index is 12.5. The van der Waals surface area contributed by atoms with E-state index in [2.05, 4.69) is 0 Å². The first-order chi connectivity index (χ1) is 13.8. The molecule has 4 atom stereocenters. The first kappa shape index (κ1) is 20.0. The van der Waals surface area contributed by atoms with E-state index in [1.165, 1.54) is 0 Å². The van der Waals surface area contributed by atoms with Crippen LogP contribution in [0.2, 0.25) is 0 Å². The Morgan fingerprint density at radius 2 is 2.07 bits per heavy atom. The smallest absolute Gasteiger partial charge is 0.303 e. The first-order valence-corrected chi connectivity index (χ1v) is 10.4. The van der Waals surface area contributed by atoms with E-state index in [0.29, 0.717) is 25.3 Å². The van der Waals surface area contributed by atoms with Crippen molar-refractivity contribution < 1.29 is 29.3 Å².